The minimum atomic E-state index is -1.46. The van der Waals surface area contributed by atoms with E-state index < -0.39 is 22.7 Å². The predicted octanol–water partition coefficient (Wildman–Crippen LogP) is 5.94. The summed E-state index contributed by atoms with van der Waals surface area (Å²) in [6.07, 6.45) is 7.07. The fourth-order valence-corrected chi connectivity index (χ4v) is 5.82. The fraction of sp³-hybridized carbons (Fsp3) is 0.346. The normalized spacial score (nSPS) is 24.3. The molecule has 1 saturated carbocycles. The number of nitrogens with zero attached hydrogens (tertiary/aromatic N) is 2. The maximum atomic E-state index is 14.7. The van der Waals surface area contributed by atoms with E-state index in [-0.39, 0.29) is 17.3 Å². The van der Waals surface area contributed by atoms with Crippen molar-refractivity contribution in [2.45, 2.75) is 45.1 Å². The summed E-state index contributed by atoms with van der Waals surface area (Å²) < 4.78 is 43.3. The third kappa shape index (κ3) is 3.20. The topological polar surface area (TPSA) is 38.0 Å². The summed E-state index contributed by atoms with van der Waals surface area (Å²) in [7, 11) is 0. The van der Waals surface area contributed by atoms with Crippen molar-refractivity contribution in [3.05, 3.63) is 88.5 Å². The molecule has 166 valence electrons. The van der Waals surface area contributed by atoms with Crippen LogP contribution in [0.2, 0.25) is 0 Å². The molecule has 1 heterocycles. The Hall–Kier alpha value is -2.86. The molecule has 0 bridgehead atoms. The first-order chi connectivity index (χ1) is 15.2. The second-order valence-electron chi connectivity index (χ2n) is 9.42. The molecular weight excluding hydrogens is 413 g/mol. The number of halogens is 3. The molecule has 3 aromatic rings. The molecule has 0 saturated heterocycles. The highest BCUT2D eigenvalue weighted by molar-refractivity contribution is 5.61. The van der Waals surface area contributed by atoms with Crippen LogP contribution >= 0.6 is 0 Å². The number of fused-ring (bicyclic) bond motifs is 2. The molecule has 2 aliphatic carbocycles. The van der Waals surface area contributed by atoms with E-state index in [0.717, 1.165) is 42.3 Å². The van der Waals surface area contributed by atoms with Crippen LogP contribution < -0.4 is 0 Å². The predicted molar refractivity (Wildman–Crippen MR) is 117 cm³/mol. The number of hydrogen-bond acceptors (Lipinski definition) is 2. The van der Waals surface area contributed by atoms with Crippen LogP contribution in [0.3, 0.4) is 0 Å². The largest absolute Gasteiger partial charge is 0.385 e. The zero-order chi connectivity index (χ0) is 22.7. The summed E-state index contributed by atoms with van der Waals surface area (Å²) in [5, 5.41) is 16.1. The molecule has 1 fully saturated rings. The maximum Gasteiger partial charge on any atom is 0.132 e. The van der Waals surface area contributed by atoms with Crippen LogP contribution in [0.25, 0.3) is 11.8 Å². The fourth-order valence-electron chi connectivity index (χ4n) is 5.82. The van der Waals surface area contributed by atoms with Crippen LogP contribution in [0.1, 0.15) is 49.9 Å². The summed E-state index contributed by atoms with van der Waals surface area (Å²) in [6.45, 7) is 3.76. The minimum Gasteiger partial charge on any atom is -0.385 e. The van der Waals surface area contributed by atoms with Crippen LogP contribution in [0.15, 0.2) is 54.2 Å². The Bertz CT molecular complexity index is 1210. The third-order valence-corrected chi connectivity index (χ3v) is 7.42. The average Bonchev–Trinajstić information content (AvgIpc) is 3.13. The van der Waals surface area contributed by atoms with Crippen LogP contribution in [0.5, 0.6) is 0 Å². The van der Waals surface area contributed by atoms with Crippen molar-refractivity contribution in [2.75, 3.05) is 0 Å². The van der Waals surface area contributed by atoms with Gasteiger partial charge < -0.3 is 5.11 Å². The lowest BCUT2D eigenvalue weighted by Crippen LogP contribution is -2.48. The van der Waals surface area contributed by atoms with Crippen LogP contribution in [0, 0.1) is 28.8 Å². The Morgan fingerprint density at radius 1 is 1.09 bits per heavy atom. The lowest BCUT2D eigenvalue weighted by atomic mass is 9.54. The maximum absolute atomic E-state index is 14.7. The van der Waals surface area contributed by atoms with Gasteiger partial charge >= 0.3 is 0 Å². The van der Waals surface area contributed by atoms with Crippen molar-refractivity contribution in [1.82, 2.24) is 9.78 Å². The quantitative estimate of drug-likeness (QED) is 0.549. The van der Waals surface area contributed by atoms with Crippen LogP contribution in [-0.2, 0) is 12.0 Å². The van der Waals surface area contributed by atoms with Gasteiger partial charge in [0, 0.05) is 17.5 Å². The first kappa shape index (κ1) is 21.0. The van der Waals surface area contributed by atoms with Crippen LogP contribution in [0.4, 0.5) is 13.2 Å². The average molecular weight is 438 g/mol. The SMILES string of the molecule is C[C@]12Cc3cnn(-c4ccc(F)cc4)c3C=C1CCC[C@@H]2[C@@](C)(O)c1ccc(F)cc1F. The molecule has 2 aromatic carbocycles. The molecule has 3 atom stereocenters. The number of aliphatic hydroxyl groups is 1. The van der Waals surface area contributed by atoms with Gasteiger partial charge in [-0.3, -0.25) is 0 Å². The number of hydrogen-bond donors (Lipinski definition) is 1. The van der Waals surface area contributed by atoms with Gasteiger partial charge in [-0.1, -0.05) is 18.6 Å². The summed E-state index contributed by atoms with van der Waals surface area (Å²) in [5.41, 5.74) is 2.22. The number of allylic oxidation sites excluding steroid dienone is 1. The second kappa shape index (κ2) is 7.34. The first-order valence-corrected chi connectivity index (χ1v) is 10.9. The minimum absolute atomic E-state index is 0.124. The molecule has 0 unspecified atom stereocenters. The van der Waals surface area contributed by atoms with E-state index in [2.05, 4.69) is 18.1 Å². The highest BCUT2D eigenvalue weighted by Gasteiger charge is 2.51. The van der Waals surface area contributed by atoms with Crippen molar-refractivity contribution >= 4 is 6.08 Å². The summed E-state index contributed by atoms with van der Waals surface area (Å²) in [5.74, 6) is -1.94. The van der Waals surface area contributed by atoms with Gasteiger partial charge in [0.2, 0.25) is 0 Å². The van der Waals surface area contributed by atoms with E-state index in [4.69, 9.17) is 0 Å². The Morgan fingerprint density at radius 2 is 1.81 bits per heavy atom. The smallest absolute Gasteiger partial charge is 0.132 e. The standard InChI is InChI=1S/C26H25F3N2O/c1-25-14-16-15-30-31(20-9-6-18(27)7-10-20)23(16)12-17(25)4-3-5-24(25)26(2,32)21-11-8-19(28)13-22(21)29/h6-13,15,24,32H,3-5,14H2,1-2H3/t24-,25-,26-/m0/s1. The van der Waals surface area contributed by atoms with Gasteiger partial charge in [-0.05, 0) is 80.0 Å². The van der Waals surface area contributed by atoms with E-state index in [1.54, 1.807) is 19.1 Å². The Kier molecular flexibility index (Phi) is 4.82. The lowest BCUT2D eigenvalue weighted by molar-refractivity contribution is -0.0681. The molecule has 32 heavy (non-hydrogen) atoms. The van der Waals surface area contributed by atoms with E-state index in [9.17, 15) is 18.3 Å². The number of benzene rings is 2. The van der Waals surface area contributed by atoms with Gasteiger partial charge in [0.25, 0.3) is 0 Å². The second-order valence-corrected chi connectivity index (χ2v) is 9.42. The van der Waals surface area contributed by atoms with Gasteiger partial charge in [-0.25, -0.2) is 17.9 Å². The van der Waals surface area contributed by atoms with Gasteiger partial charge in [0.15, 0.2) is 0 Å². The molecule has 0 aliphatic heterocycles. The molecule has 5 rings (SSSR count). The summed E-state index contributed by atoms with van der Waals surface area (Å²) in [4.78, 5) is 0. The van der Waals surface area contributed by atoms with Crippen molar-refractivity contribution in [1.29, 1.82) is 0 Å². The van der Waals surface area contributed by atoms with Gasteiger partial charge in [-0.15, -0.1) is 0 Å². The molecule has 3 nitrogen and oxygen atoms in total. The number of aromatic nitrogens is 2. The van der Waals surface area contributed by atoms with Crippen molar-refractivity contribution in [3.63, 3.8) is 0 Å². The Balaban J connectivity index is 1.56. The van der Waals surface area contributed by atoms with Gasteiger partial charge in [0.05, 0.1) is 23.2 Å². The van der Waals surface area contributed by atoms with Crippen molar-refractivity contribution < 1.29 is 18.3 Å². The molecule has 6 heteroatoms. The van der Waals surface area contributed by atoms with Crippen LogP contribution in [-0.4, -0.2) is 14.9 Å². The molecule has 2 aliphatic rings. The van der Waals surface area contributed by atoms with E-state index >= 15 is 0 Å². The molecule has 0 spiro atoms. The summed E-state index contributed by atoms with van der Waals surface area (Å²) >= 11 is 0. The molecule has 1 aromatic heterocycles. The monoisotopic (exact) mass is 438 g/mol. The Morgan fingerprint density at radius 3 is 2.53 bits per heavy atom. The highest BCUT2D eigenvalue weighted by atomic mass is 19.1. The summed E-state index contributed by atoms with van der Waals surface area (Å²) in [6, 6.07) is 9.59. The van der Waals surface area contributed by atoms with Gasteiger partial charge in [-0.2, -0.15) is 5.10 Å². The zero-order valence-corrected chi connectivity index (χ0v) is 18.1. The third-order valence-electron chi connectivity index (χ3n) is 7.42. The van der Waals surface area contributed by atoms with E-state index in [0.29, 0.717) is 6.42 Å². The molecule has 0 radical (unpaired) electrons. The number of rotatable bonds is 3. The molecular formula is C26H25F3N2O. The zero-order valence-electron chi connectivity index (χ0n) is 18.1. The van der Waals surface area contributed by atoms with Crippen molar-refractivity contribution in [3.8, 4) is 5.69 Å². The van der Waals surface area contributed by atoms with E-state index in [1.807, 2.05) is 10.9 Å². The molecule has 0 amide bonds. The molecule has 1 N–H and O–H groups in total. The lowest BCUT2D eigenvalue weighted by Gasteiger charge is -2.51. The highest BCUT2D eigenvalue weighted by Crippen LogP contribution is 2.56. The van der Waals surface area contributed by atoms with Crippen molar-refractivity contribution in [2.24, 2.45) is 11.3 Å². The Labute approximate surface area is 185 Å². The first-order valence-electron chi connectivity index (χ1n) is 10.9. The van der Waals surface area contributed by atoms with Gasteiger partial charge in [0.1, 0.15) is 17.5 Å². The van der Waals surface area contributed by atoms with E-state index in [1.165, 1.54) is 29.8 Å².